The second kappa shape index (κ2) is 8.41. The molecule has 2 aromatic carbocycles. The first-order chi connectivity index (χ1) is 14.6. The van der Waals surface area contributed by atoms with E-state index in [4.69, 9.17) is 5.26 Å². The number of nitriles is 1. The standard InChI is InChI=1S/C24H20N6/c1-16-13-20(19-7-10-26-11-8-19)14-17(2)23(16)29-22-9-12-27-24(30-22)28-21-5-3-18(15-25)4-6-21/h3-14H,1-2H3,(H2,27,28,29,30). The Hall–Kier alpha value is -4.24. The highest BCUT2D eigenvalue weighted by molar-refractivity contribution is 5.73. The van der Waals surface area contributed by atoms with Crippen molar-refractivity contribution >= 4 is 23.1 Å². The molecule has 2 aromatic heterocycles. The van der Waals surface area contributed by atoms with Gasteiger partial charge in [0.05, 0.1) is 11.6 Å². The minimum atomic E-state index is 0.480. The topological polar surface area (TPSA) is 86.5 Å². The number of nitrogens with zero attached hydrogens (tertiary/aromatic N) is 4. The number of anilines is 4. The van der Waals surface area contributed by atoms with Crippen LogP contribution < -0.4 is 10.6 Å². The number of hydrogen-bond donors (Lipinski definition) is 2. The van der Waals surface area contributed by atoms with Gasteiger partial charge < -0.3 is 10.6 Å². The Morgan fingerprint density at radius 3 is 2.17 bits per heavy atom. The fourth-order valence-electron chi connectivity index (χ4n) is 3.25. The van der Waals surface area contributed by atoms with Gasteiger partial charge in [0, 0.05) is 30.0 Å². The lowest BCUT2D eigenvalue weighted by Crippen LogP contribution is -2.02. The fourth-order valence-corrected chi connectivity index (χ4v) is 3.25. The van der Waals surface area contributed by atoms with Crippen LogP contribution in [0.2, 0.25) is 0 Å². The average Bonchev–Trinajstić information content (AvgIpc) is 2.77. The summed E-state index contributed by atoms with van der Waals surface area (Å²) in [6, 6.07) is 19.4. The summed E-state index contributed by atoms with van der Waals surface area (Å²) in [5, 5.41) is 15.5. The van der Waals surface area contributed by atoms with E-state index in [1.54, 1.807) is 30.7 Å². The molecule has 6 heteroatoms. The lowest BCUT2D eigenvalue weighted by molar-refractivity contribution is 1.16. The zero-order valence-corrected chi connectivity index (χ0v) is 16.7. The third-order valence-corrected chi connectivity index (χ3v) is 4.73. The predicted octanol–water partition coefficient (Wildman–Crippen LogP) is 5.51. The quantitative estimate of drug-likeness (QED) is 0.465. The van der Waals surface area contributed by atoms with Crippen LogP contribution in [-0.2, 0) is 0 Å². The Balaban J connectivity index is 1.56. The van der Waals surface area contributed by atoms with Crippen LogP contribution in [0.25, 0.3) is 11.1 Å². The smallest absolute Gasteiger partial charge is 0.229 e. The molecule has 6 nitrogen and oxygen atoms in total. The third-order valence-electron chi connectivity index (χ3n) is 4.73. The second-order valence-corrected chi connectivity index (χ2v) is 6.93. The number of aryl methyl sites for hydroxylation is 2. The van der Waals surface area contributed by atoms with Gasteiger partial charge in [-0.25, -0.2) is 4.98 Å². The highest BCUT2D eigenvalue weighted by atomic mass is 15.1. The van der Waals surface area contributed by atoms with Crippen molar-refractivity contribution in [2.45, 2.75) is 13.8 Å². The Bertz CT molecular complexity index is 1190. The molecule has 2 heterocycles. The maximum atomic E-state index is 8.92. The van der Waals surface area contributed by atoms with Crippen molar-refractivity contribution in [3.63, 3.8) is 0 Å². The predicted molar refractivity (Wildman–Crippen MR) is 119 cm³/mol. The molecule has 4 aromatic rings. The molecule has 0 radical (unpaired) electrons. The first kappa shape index (κ1) is 19.1. The molecule has 0 spiro atoms. The minimum absolute atomic E-state index is 0.480. The maximum absolute atomic E-state index is 8.92. The van der Waals surface area contributed by atoms with Gasteiger partial charge in [-0.2, -0.15) is 10.2 Å². The molecule has 30 heavy (non-hydrogen) atoms. The molecule has 0 saturated carbocycles. The zero-order valence-electron chi connectivity index (χ0n) is 16.7. The number of pyridine rings is 1. The van der Waals surface area contributed by atoms with Crippen LogP contribution in [0, 0.1) is 25.2 Å². The summed E-state index contributed by atoms with van der Waals surface area (Å²) in [5.74, 6) is 1.18. The van der Waals surface area contributed by atoms with Crippen LogP contribution in [0.1, 0.15) is 16.7 Å². The van der Waals surface area contributed by atoms with Crippen LogP contribution in [0.5, 0.6) is 0 Å². The Morgan fingerprint density at radius 2 is 1.50 bits per heavy atom. The number of hydrogen-bond acceptors (Lipinski definition) is 6. The van der Waals surface area contributed by atoms with Crippen molar-refractivity contribution in [1.82, 2.24) is 15.0 Å². The van der Waals surface area contributed by atoms with Crippen LogP contribution >= 0.6 is 0 Å². The third kappa shape index (κ3) is 4.26. The minimum Gasteiger partial charge on any atom is -0.340 e. The summed E-state index contributed by atoms with van der Waals surface area (Å²) in [6.45, 7) is 4.16. The van der Waals surface area contributed by atoms with E-state index in [1.165, 1.54) is 0 Å². The molecule has 0 atom stereocenters. The van der Waals surface area contributed by atoms with Crippen molar-refractivity contribution in [2.75, 3.05) is 10.6 Å². The van der Waals surface area contributed by atoms with Gasteiger partial charge in [-0.05, 0) is 90.7 Å². The Kier molecular flexibility index (Phi) is 5.35. The molecular weight excluding hydrogens is 372 g/mol. The van der Waals surface area contributed by atoms with E-state index in [2.05, 4.69) is 57.6 Å². The largest absolute Gasteiger partial charge is 0.340 e. The summed E-state index contributed by atoms with van der Waals surface area (Å²) in [5.41, 5.74) is 7.00. The number of rotatable bonds is 5. The molecule has 2 N–H and O–H groups in total. The monoisotopic (exact) mass is 392 g/mol. The van der Waals surface area contributed by atoms with Crippen molar-refractivity contribution in [3.05, 3.63) is 89.9 Å². The summed E-state index contributed by atoms with van der Waals surface area (Å²) in [6.07, 6.45) is 5.31. The lowest BCUT2D eigenvalue weighted by atomic mass is 9.99. The van der Waals surface area contributed by atoms with Gasteiger partial charge in [0.2, 0.25) is 5.95 Å². The Morgan fingerprint density at radius 1 is 0.800 bits per heavy atom. The molecule has 0 saturated heterocycles. The molecule has 0 fully saturated rings. The van der Waals surface area contributed by atoms with Gasteiger partial charge >= 0.3 is 0 Å². The molecule has 146 valence electrons. The van der Waals surface area contributed by atoms with Crippen molar-refractivity contribution in [3.8, 4) is 17.2 Å². The van der Waals surface area contributed by atoms with Crippen molar-refractivity contribution in [1.29, 1.82) is 5.26 Å². The summed E-state index contributed by atoms with van der Waals surface area (Å²) in [4.78, 5) is 12.9. The second-order valence-electron chi connectivity index (χ2n) is 6.93. The first-order valence-corrected chi connectivity index (χ1v) is 9.51. The van der Waals surface area contributed by atoms with E-state index >= 15 is 0 Å². The number of aromatic nitrogens is 3. The molecular formula is C24H20N6. The van der Waals surface area contributed by atoms with Gasteiger partial charge in [-0.15, -0.1) is 0 Å². The highest BCUT2D eigenvalue weighted by Crippen LogP contribution is 2.30. The van der Waals surface area contributed by atoms with Crippen LogP contribution in [0.4, 0.5) is 23.1 Å². The van der Waals surface area contributed by atoms with E-state index in [1.807, 2.05) is 30.3 Å². The maximum Gasteiger partial charge on any atom is 0.229 e. The molecule has 0 amide bonds. The SMILES string of the molecule is Cc1cc(-c2ccncc2)cc(C)c1Nc1ccnc(Nc2ccc(C#N)cc2)n1. The fraction of sp³-hybridized carbons (Fsp3) is 0.0833. The number of benzene rings is 2. The first-order valence-electron chi connectivity index (χ1n) is 9.51. The lowest BCUT2D eigenvalue weighted by Gasteiger charge is -2.15. The highest BCUT2D eigenvalue weighted by Gasteiger charge is 2.09. The van der Waals surface area contributed by atoms with Gasteiger partial charge in [0.25, 0.3) is 0 Å². The van der Waals surface area contributed by atoms with E-state index < -0.39 is 0 Å². The van der Waals surface area contributed by atoms with Crippen molar-refractivity contribution < 1.29 is 0 Å². The van der Waals surface area contributed by atoms with E-state index in [0.717, 1.165) is 33.6 Å². The molecule has 0 aliphatic rings. The summed E-state index contributed by atoms with van der Waals surface area (Å²) < 4.78 is 0. The Labute approximate surface area is 175 Å². The zero-order chi connectivity index (χ0) is 20.9. The van der Waals surface area contributed by atoms with Gasteiger partial charge in [-0.1, -0.05) is 0 Å². The van der Waals surface area contributed by atoms with E-state index in [9.17, 15) is 0 Å². The van der Waals surface area contributed by atoms with Crippen molar-refractivity contribution in [2.24, 2.45) is 0 Å². The molecule has 0 aliphatic carbocycles. The van der Waals surface area contributed by atoms with Gasteiger partial charge in [-0.3, -0.25) is 4.98 Å². The van der Waals surface area contributed by atoms with E-state index in [0.29, 0.717) is 17.3 Å². The molecule has 0 unspecified atom stereocenters. The number of nitrogens with one attached hydrogen (secondary N) is 2. The van der Waals surface area contributed by atoms with Gasteiger partial charge in [0.15, 0.2) is 0 Å². The molecule has 0 aliphatic heterocycles. The van der Waals surface area contributed by atoms with E-state index in [-0.39, 0.29) is 0 Å². The van der Waals surface area contributed by atoms with Crippen LogP contribution in [0.15, 0.2) is 73.2 Å². The van der Waals surface area contributed by atoms with Crippen LogP contribution in [-0.4, -0.2) is 15.0 Å². The van der Waals surface area contributed by atoms with Crippen LogP contribution in [0.3, 0.4) is 0 Å². The van der Waals surface area contributed by atoms with Gasteiger partial charge in [0.1, 0.15) is 5.82 Å². The molecule has 0 bridgehead atoms. The summed E-state index contributed by atoms with van der Waals surface area (Å²) >= 11 is 0. The summed E-state index contributed by atoms with van der Waals surface area (Å²) in [7, 11) is 0. The molecule has 4 rings (SSSR count). The average molecular weight is 392 g/mol. The normalized spacial score (nSPS) is 10.3.